The van der Waals surface area contributed by atoms with Crippen molar-refractivity contribution in [1.29, 1.82) is 0 Å². The van der Waals surface area contributed by atoms with Crippen molar-refractivity contribution in [3.05, 3.63) is 53.1 Å². The van der Waals surface area contributed by atoms with Gasteiger partial charge in [-0.3, -0.25) is 4.79 Å². The summed E-state index contributed by atoms with van der Waals surface area (Å²) < 4.78 is 16.1. The number of ether oxygens (including phenoxy) is 3. The molecule has 0 fully saturated rings. The maximum absolute atomic E-state index is 12.4. The number of hydrogen-bond donors (Lipinski definition) is 1. The van der Waals surface area contributed by atoms with Crippen molar-refractivity contribution < 1.29 is 23.8 Å². The van der Waals surface area contributed by atoms with Crippen molar-refractivity contribution in [1.82, 2.24) is 0 Å². The lowest BCUT2D eigenvalue weighted by Gasteiger charge is -2.17. The van der Waals surface area contributed by atoms with E-state index in [1.807, 2.05) is 45.9 Å². The molecule has 1 atom stereocenters. The highest BCUT2D eigenvalue weighted by Gasteiger charge is 2.20. The number of aryl methyl sites for hydroxylation is 3. The summed E-state index contributed by atoms with van der Waals surface area (Å²) in [6, 6.07) is 11.0. The molecule has 0 spiro atoms. The van der Waals surface area contributed by atoms with E-state index in [1.165, 1.54) is 6.92 Å². The van der Waals surface area contributed by atoms with Crippen molar-refractivity contribution in [2.75, 3.05) is 18.5 Å². The quantitative estimate of drug-likeness (QED) is 0.696. The molecule has 2 aromatic rings. The SMILES string of the molecule is CCOc1ccccc1OCC(=O)O[C@@H](C)C(=O)Nc1c(C)cc(C)cc1C. The highest BCUT2D eigenvalue weighted by Crippen LogP contribution is 2.26. The van der Waals surface area contributed by atoms with E-state index in [9.17, 15) is 9.59 Å². The van der Waals surface area contributed by atoms with Gasteiger partial charge in [-0.25, -0.2) is 4.79 Å². The number of anilines is 1. The fraction of sp³-hybridized carbons (Fsp3) is 0.364. The molecular formula is C22H27NO5. The lowest BCUT2D eigenvalue weighted by molar-refractivity contribution is -0.155. The Morgan fingerprint density at radius 1 is 1.00 bits per heavy atom. The molecule has 28 heavy (non-hydrogen) atoms. The lowest BCUT2D eigenvalue weighted by atomic mass is 10.0. The molecule has 0 heterocycles. The van der Waals surface area contributed by atoms with Crippen LogP contribution in [0.1, 0.15) is 30.5 Å². The first-order valence-corrected chi connectivity index (χ1v) is 9.24. The van der Waals surface area contributed by atoms with E-state index in [4.69, 9.17) is 14.2 Å². The first-order chi connectivity index (χ1) is 13.3. The second-order valence-electron chi connectivity index (χ2n) is 6.56. The van der Waals surface area contributed by atoms with Gasteiger partial charge in [0.15, 0.2) is 24.2 Å². The lowest BCUT2D eigenvalue weighted by Crippen LogP contribution is -2.32. The van der Waals surface area contributed by atoms with Crippen molar-refractivity contribution in [2.24, 2.45) is 0 Å². The molecule has 1 N–H and O–H groups in total. The van der Waals surface area contributed by atoms with Gasteiger partial charge in [0.1, 0.15) is 0 Å². The summed E-state index contributed by atoms with van der Waals surface area (Å²) in [6.07, 6.45) is -0.946. The van der Waals surface area contributed by atoms with E-state index in [-0.39, 0.29) is 6.61 Å². The van der Waals surface area contributed by atoms with Gasteiger partial charge in [0.25, 0.3) is 5.91 Å². The van der Waals surface area contributed by atoms with Gasteiger partial charge in [-0.15, -0.1) is 0 Å². The second-order valence-corrected chi connectivity index (χ2v) is 6.56. The molecule has 2 aromatic carbocycles. The Morgan fingerprint density at radius 2 is 1.57 bits per heavy atom. The highest BCUT2D eigenvalue weighted by atomic mass is 16.6. The summed E-state index contributed by atoms with van der Waals surface area (Å²) in [5, 5.41) is 2.83. The molecule has 6 heteroatoms. The van der Waals surface area contributed by atoms with Crippen LogP contribution in [0.4, 0.5) is 5.69 Å². The monoisotopic (exact) mass is 385 g/mol. The van der Waals surface area contributed by atoms with Crippen molar-refractivity contribution >= 4 is 17.6 Å². The summed E-state index contributed by atoms with van der Waals surface area (Å²) in [6.45, 7) is 9.42. The third-order valence-corrected chi connectivity index (χ3v) is 4.10. The number of nitrogens with one attached hydrogen (secondary N) is 1. The van der Waals surface area contributed by atoms with Crippen LogP contribution < -0.4 is 14.8 Å². The summed E-state index contributed by atoms with van der Waals surface area (Å²) in [7, 11) is 0. The fourth-order valence-corrected chi connectivity index (χ4v) is 2.87. The number of rotatable bonds is 8. The molecule has 0 bridgehead atoms. The molecule has 0 unspecified atom stereocenters. The van der Waals surface area contributed by atoms with E-state index in [0.717, 1.165) is 22.4 Å². The molecule has 2 rings (SSSR count). The normalized spacial score (nSPS) is 11.5. The van der Waals surface area contributed by atoms with Crippen LogP contribution in [0, 0.1) is 20.8 Å². The van der Waals surface area contributed by atoms with Gasteiger partial charge in [-0.1, -0.05) is 29.8 Å². The molecule has 0 saturated heterocycles. The predicted molar refractivity (Wildman–Crippen MR) is 108 cm³/mol. The maximum Gasteiger partial charge on any atom is 0.344 e. The minimum absolute atomic E-state index is 0.315. The van der Waals surface area contributed by atoms with Gasteiger partial charge in [0.05, 0.1) is 6.61 Å². The molecule has 0 radical (unpaired) electrons. The number of amides is 1. The third kappa shape index (κ3) is 5.74. The highest BCUT2D eigenvalue weighted by molar-refractivity contribution is 5.96. The predicted octanol–water partition coefficient (Wildman–Crippen LogP) is 3.96. The van der Waals surface area contributed by atoms with E-state index < -0.39 is 18.0 Å². The fourth-order valence-electron chi connectivity index (χ4n) is 2.87. The minimum Gasteiger partial charge on any atom is -0.490 e. The van der Waals surface area contributed by atoms with Gasteiger partial charge in [0.2, 0.25) is 0 Å². The van der Waals surface area contributed by atoms with E-state index in [0.29, 0.717) is 18.1 Å². The molecule has 1 amide bonds. The first kappa shape index (κ1) is 21.3. The zero-order valence-corrected chi connectivity index (χ0v) is 17.0. The molecule has 150 valence electrons. The van der Waals surface area contributed by atoms with Gasteiger partial charge < -0.3 is 19.5 Å². The first-order valence-electron chi connectivity index (χ1n) is 9.24. The molecule has 6 nitrogen and oxygen atoms in total. The number of carbonyl (C=O) groups is 2. The average molecular weight is 385 g/mol. The Hall–Kier alpha value is -3.02. The second kappa shape index (κ2) is 9.78. The van der Waals surface area contributed by atoms with Gasteiger partial charge in [-0.2, -0.15) is 0 Å². The number of benzene rings is 2. The standard InChI is InChI=1S/C22H27NO5/c1-6-26-18-9-7-8-10-19(18)27-13-20(24)28-17(5)22(25)23-21-15(3)11-14(2)12-16(21)4/h7-12,17H,6,13H2,1-5H3,(H,23,25)/t17-/m0/s1. The maximum atomic E-state index is 12.4. The Kier molecular flexibility index (Phi) is 7.44. The number of carbonyl (C=O) groups excluding carboxylic acids is 2. The van der Waals surface area contributed by atoms with Crippen molar-refractivity contribution in [2.45, 2.75) is 40.7 Å². The average Bonchev–Trinajstić information content (AvgIpc) is 2.64. The molecule has 0 aliphatic carbocycles. The van der Waals surface area contributed by atoms with Crippen LogP contribution in [0.2, 0.25) is 0 Å². The molecule has 0 aromatic heterocycles. The minimum atomic E-state index is -0.946. The van der Waals surface area contributed by atoms with Crippen LogP contribution in [0.15, 0.2) is 36.4 Å². The molecule has 0 aliphatic rings. The zero-order chi connectivity index (χ0) is 20.7. The molecular weight excluding hydrogens is 358 g/mol. The summed E-state index contributed by atoms with van der Waals surface area (Å²) >= 11 is 0. The number of para-hydroxylation sites is 2. The van der Waals surface area contributed by atoms with Crippen LogP contribution >= 0.6 is 0 Å². The van der Waals surface area contributed by atoms with Crippen LogP contribution in [-0.4, -0.2) is 31.2 Å². The van der Waals surface area contributed by atoms with Crippen LogP contribution in [0.5, 0.6) is 11.5 Å². The smallest absolute Gasteiger partial charge is 0.344 e. The van der Waals surface area contributed by atoms with Crippen molar-refractivity contribution in [3.8, 4) is 11.5 Å². The third-order valence-electron chi connectivity index (χ3n) is 4.10. The Bertz CT molecular complexity index is 824. The van der Waals surface area contributed by atoms with E-state index in [2.05, 4.69) is 5.32 Å². The zero-order valence-electron chi connectivity index (χ0n) is 17.0. The Labute approximate surface area is 165 Å². The summed E-state index contributed by atoms with van der Waals surface area (Å²) in [5.74, 6) is -0.0253. The van der Waals surface area contributed by atoms with Crippen LogP contribution in [0.3, 0.4) is 0 Å². The van der Waals surface area contributed by atoms with Gasteiger partial charge >= 0.3 is 5.97 Å². The Balaban J connectivity index is 1.91. The molecule has 0 aliphatic heterocycles. The van der Waals surface area contributed by atoms with E-state index >= 15 is 0 Å². The number of hydrogen-bond acceptors (Lipinski definition) is 5. The van der Waals surface area contributed by atoms with Crippen LogP contribution in [-0.2, 0) is 14.3 Å². The largest absolute Gasteiger partial charge is 0.490 e. The van der Waals surface area contributed by atoms with Gasteiger partial charge in [0, 0.05) is 5.69 Å². The van der Waals surface area contributed by atoms with E-state index in [1.54, 1.807) is 18.2 Å². The van der Waals surface area contributed by atoms with Crippen LogP contribution in [0.25, 0.3) is 0 Å². The Morgan fingerprint density at radius 3 is 2.14 bits per heavy atom. The topological polar surface area (TPSA) is 73.9 Å². The summed E-state index contributed by atoms with van der Waals surface area (Å²) in [4.78, 5) is 24.5. The molecule has 0 saturated carbocycles. The summed E-state index contributed by atoms with van der Waals surface area (Å²) in [5.41, 5.74) is 3.78. The number of esters is 1. The van der Waals surface area contributed by atoms with Crippen molar-refractivity contribution in [3.63, 3.8) is 0 Å². The van der Waals surface area contributed by atoms with Gasteiger partial charge in [-0.05, 0) is 57.9 Å².